The van der Waals surface area contributed by atoms with Crippen molar-refractivity contribution >= 4 is 74.3 Å². The number of anilines is 9. The van der Waals surface area contributed by atoms with Gasteiger partial charge in [-0.1, -0.05) is 219 Å². The van der Waals surface area contributed by atoms with Crippen LogP contribution in [0.5, 0.6) is 0 Å². The van der Waals surface area contributed by atoms with Crippen LogP contribution in [0.4, 0.5) is 51.2 Å². The zero-order valence-electron chi connectivity index (χ0n) is 57.1. The summed E-state index contributed by atoms with van der Waals surface area (Å²) in [6.45, 7) is 52.9. The molecule has 3 aliphatic carbocycles. The van der Waals surface area contributed by atoms with Crippen LogP contribution in [0.2, 0.25) is 0 Å². The van der Waals surface area contributed by atoms with Crippen molar-refractivity contribution in [2.75, 3.05) is 14.7 Å². The molecular formula is C83H98BN3. The Labute approximate surface area is 525 Å². The van der Waals surface area contributed by atoms with Crippen molar-refractivity contribution in [2.45, 2.75) is 227 Å². The predicted molar refractivity (Wildman–Crippen MR) is 378 cm³/mol. The van der Waals surface area contributed by atoms with E-state index >= 15 is 0 Å². The van der Waals surface area contributed by atoms with Gasteiger partial charge < -0.3 is 14.7 Å². The normalized spacial score (nSPS) is 18.2. The summed E-state index contributed by atoms with van der Waals surface area (Å²) >= 11 is 0. The van der Waals surface area contributed by atoms with Crippen LogP contribution in [-0.4, -0.2) is 6.71 Å². The molecule has 0 amide bonds. The molecule has 0 bridgehead atoms. The van der Waals surface area contributed by atoms with Crippen LogP contribution in [0.3, 0.4) is 0 Å². The smallest absolute Gasteiger partial charge is 0.252 e. The molecule has 0 saturated heterocycles. The molecule has 0 fully saturated rings. The van der Waals surface area contributed by atoms with Crippen molar-refractivity contribution in [3.05, 3.63) is 201 Å². The number of nitrogens with zero attached hydrogens (tertiary/aromatic N) is 3. The summed E-state index contributed by atoms with van der Waals surface area (Å²) in [7, 11) is 0. The average molecular weight is 1150 g/mol. The summed E-state index contributed by atoms with van der Waals surface area (Å²) in [5.74, 6) is 0. The molecule has 448 valence electrons. The Morgan fingerprint density at radius 2 is 0.747 bits per heavy atom. The van der Waals surface area contributed by atoms with E-state index in [2.05, 4.69) is 313 Å². The highest BCUT2D eigenvalue weighted by Gasteiger charge is 2.49. The SMILES string of the molecule is CC(C)(C)c1ccc(N(c2ccc(C(C)(C)C)cc2)c2ccc3c(c2)N(c2ccc4c(c2)-c2ccc(C(C)(C)C)cc2C4(C)C)c2cc(C(C)(C)C)cc4c2B3c2cc3c(cc2N4c2ccc4c(c2)C(C)(C)CCC4(C)C)C(C)(C)CCC3(C)C)cc1. The van der Waals surface area contributed by atoms with Gasteiger partial charge in [0, 0.05) is 56.6 Å². The molecule has 4 heteroatoms. The third kappa shape index (κ3) is 9.48. The third-order valence-corrected chi connectivity index (χ3v) is 22.0. The van der Waals surface area contributed by atoms with Crippen LogP contribution in [-0.2, 0) is 48.7 Å². The molecule has 0 radical (unpaired) electrons. The lowest BCUT2D eigenvalue weighted by molar-refractivity contribution is 0.332. The number of fused-ring (bicyclic) bond motifs is 9. The molecule has 87 heavy (non-hydrogen) atoms. The summed E-state index contributed by atoms with van der Waals surface area (Å²) in [6, 6.07) is 59.3. The Kier molecular flexibility index (Phi) is 13.0. The molecule has 0 saturated carbocycles. The van der Waals surface area contributed by atoms with Crippen molar-refractivity contribution in [3.63, 3.8) is 0 Å². The Morgan fingerprint density at radius 3 is 1.25 bits per heavy atom. The second-order valence-corrected chi connectivity index (χ2v) is 34.5. The zero-order chi connectivity index (χ0) is 62.5. The molecule has 0 atom stereocenters. The Morgan fingerprint density at radius 1 is 0.322 bits per heavy atom. The quantitative estimate of drug-likeness (QED) is 0.159. The molecule has 0 aromatic heterocycles. The molecule has 0 unspecified atom stereocenters. The topological polar surface area (TPSA) is 9.72 Å². The maximum Gasteiger partial charge on any atom is 0.252 e. The second-order valence-electron chi connectivity index (χ2n) is 34.5. The Hall–Kier alpha value is -6.78. The van der Waals surface area contributed by atoms with Crippen LogP contribution in [0.25, 0.3) is 11.1 Å². The van der Waals surface area contributed by atoms with Gasteiger partial charge >= 0.3 is 0 Å². The molecular weight excluding hydrogens is 1050 g/mol. The highest BCUT2D eigenvalue weighted by molar-refractivity contribution is 7.00. The zero-order valence-corrected chi connectivity index (χ0v) is 57.1. The molecule has 0 spiro atoms. The van der Waals surface area contributed by atoms with Gasteiger partial charge in [-0.05, 0) is 231 Å². The Bertz CT molecular complexity index is 4060. The highest BCUT2D eigenvalue weighted by Crippen LogP contribution is 2.56. The van der Waals surface area contributed by atoms with E-state index in [0.717, 1.165) is 36.3 Å². The summed E-state index contributed by atoms with van der Waals surface area (Å²) in [5, 5.41) is 0. The monoisotopic (exact) mass is 1150 g/mol. The average Bonchev–Trinajstić information content (AvgIpc) is 0.919. The minimum Gasteiger partial charge on any atom is -0.311 e. The van der Waals surface area contributed by atoms with Gasteiger partial charge in [0.1, 0.15) is 0 Å². The molecule has 8 aromatic carbocycles. The van der Waals surface area contributed by atoms with E-state index in [9.17, 15) is 0 Å². The van der Waals surface area contributed by atoms with E-state index in [1.54, 1.807) is 0 Å². The van der Waals surface area contributed by atoms with Crippen LogP contribution in [0.1, 0.15) is 234 Å². The van der Waals surface area contributed by atoms with E-state index in [1.807, 2.05) is 0 Å². The van der Waals surface area contributed by atoms with E-state index in [4.69, 9.17) is 0 Å². The summed E-state index contributed by atoms with van der Waals surface area (Å²) < 4.78 is 0. The second kappa shape index (κ2) is 19.1. The summed E-state index contributed by atoms with van der Waals surface area (Å²) in [6.07, 6.45) is 4.65. The fourth-order valence-electron chi connectivity index (χ4n) is 15.9. The van der Waals surface area contributed by atoms with Gasteiger partial charge in [0.05, 0.1) is 0 Å². The van der Waals surface area contributed by atoms with Crippen molar-refractivity contribution in [1.82, 2.24) is 0 Å². The number of hydrogen-bond acceptors (Lipinski definition) is 3. The van der Waals surface area contributed by atoms with Gasteiger partial charge in [-0.15, -0.1) is 0 Å². The number of rotatable bonds is 5. The van der Waals surface area contributed by atoms with Gasteiger partial charge in [0.2, 0.25) is 0 Å². The van der Waals surface area contributed by atoms with Gasteiger partial charge in [0.15, 0.2) is 0 Å². The first-order valence-electron chi connectivity index (χ1n) is 32.9. The minimum absolute atomic E-state index is 0.00639. The van der Waals surface area contributed by atoms with Crippen molar-refractivity contribution < 1.29 is 0 Å². The molecule has 3 nitrogen and oxygen atoms in total. The van der Waals surface area contributed by atoms with Crippen LogP contribution >= 0.6 is 0 Å². The molecule has 5 aliphatic rings. The van der Waals surface area contributed by atoms with Crippen molar-refractivity contribution in [3.8, 4) is 11.1 Å². The maximum atomic E-state index is 2.74. The molecule has 2 aliphatic heterocycles. The lowest BCUT2D eigenvalue weighted by atomic mass is 9.33. The van der Waals surface area contributed by atoms with Gasteiger partial charge in [-0.25, -0.2) is 0 Å². The van der Waals surface area contributed by atoms with Gasteiger partial charge in [-0.2, -0.15) is 0 Å². The van der Waals surface area contributed by atoms with Gasteiger partial charge in [0.25, 0.3) is 6.71 Å². The largest absolute Gasteiger partial charge is 0.311 e. The molecule has 13 rings (SSSR count). The van der Waals surface area contributed by atoms with Gasteiger partial charge in [-0.3, -0.25) is 0 Å². The van der Waals surface area contributed by atoms with E-state index in [0.29, 0.717) is 0 Å². The standard InChI is InChI=1S/C83H98BN3/c1-75(2,3)51-23-28-55(29-24-51)85(56-30-25-52(26-31-56)76(4,5)6)59-34-38-68-70(48-59)86(57-32-36-62-61(46-57)60-35-27-53(77(7,8)9)43-64(60)83(62,21)22)72-44-54(78(10,11)12)45-73-74(72)84(68)69-49-66-67(82(19,20)42-41-81(66,17)18)50-71(69)87(73)58-33-37-63-65(47-58)80(15,16)40-39-79(63,13)14/h23-38,43-50H,39-42H2,1-22H3. The summed E-state index contributed by atoms with van der Waals surface area (Å²) in [5.41, 5.74) is 31.8. The minimum atomic E-state index is -0.175. The fraction of sp³-hybridized carbons (Fsp3) is 0.422. The number of hydrogen-bond donors (Lipinski definition) is 0. The van der Waals surface area contributed by atoms with Crippen molar-refractivity contribution in [1.29, 1.82) is 0 Å². The van der Waals surface area contributed by atoms with Crippen LogP contribution in [0.15, 0.2) is 146 Å². The van der Waals surface area contributed by atoms with Crippen molar-refractivity contribution in [2.24, 2.45) is 0 Å². The molecule has 2 heterocycles. The maximum absolute atomic E-state index is 2.74. The predicted octanol–water partition coefficient (Wildman–Crippen LogP) is 21.4. The first-order valence-corrected chi connectivity index (χ1v) is 32.9. The third-order valence-electron chi connectivity index (χ3n) is 22.0. The van der Waals surface area contributed by atoms with E-state index in [1.165, 1.54) is 124 Å². The lowest BCUT2D eigenvalue weighted by Gasteiger charge is -2.48. The fourth-order valence-corrected chi connectivity index (χ4v) is 15.9. The Balaban J connectivity index is 1.14. The first-order chi connectivity index (χ1) is 40.4. The first kappa shape index (κ1) is 59.2. The lowest BCUT2D eigenvalue weighted by Crippen LogP contribution is -2.62. The van der Waals surface area contributed by atoms with E-state index in [-0.39, 0.29) is 55.4 Å². The molecule has 8 aromatic rings. The van der Waals surface area contributed by atoms with E-state index < -0.39 is 0 Å². The van der Waals surface area contributed by atoms with Crippen LogP contribution in [0, 0.1) is 0 Å². The number of benzene rings is 8. The highest BCUT2D eigenvalue weighted by atomic mass is 15.2. The molecule has 0 N–H and O–H groups in total. The van der Waals surface area contributed by atoms with Crippen LogP contribution < -0.4 is 31.1 Å². The summed E-state index contributed by atoms with van der Waals surface area (Å²) in [4.78, 5) is 7.95.